The molecule has 33 heavy (non-hydrogen) atoms. The predicted molar refractivity (Wildman–Crippen MR) is 137 cm³/mol. The number of carbonyl (C=O) groups is 2. The van der Waals surface area contributed by atoms with Gasteiger partial charge in [-0.1, -0.05) is 72.0 Å². The lowest BCUT2D eigenvalue weighted by molar-refractivity contribution is -0.122. The number of ether oxygens (including phenoxy) is 1. The Morgan fingerprint density at radius 3 is 2.52 bits per heavy atom. The number of thioether (sulfide) groups is 1. The minimum atomic E-state index is -0.192. The molecule has 1 fully saturated rings. The number of benzene rings is 3. The number of amides is 2. The highest BCUT2D eigenvalue weighted by Gasteiger charge is 2.32. The molecule has 0 aromatic heterocycles. The number of carbonyl (C=O) groups excluding carboxylic acids is 2. The zero-order chi connectivity index (χ0) is 23.2. The molecule has 1 aliphatic rings. The fourth-order valence-electron chi connectivity index (χ4n) is 3.21. The average Bonchev–Trinajstić information content (AvgIpc) is 3.07. The van der Waals surface area contributed by atoms with E-state index in [1.54, 1.807) is 6.08 Å². The summed E-state index contributed by atoms with van der Waals surface area (Å²) in [5.41, 5.74) is 2.68. The molecule has 1 heterocycles. The van der Waals surface area contributed by atoms with Crippen LogP contribution in [0.1, 0.15) is 17.5 Å². The van der Waals surface area contributed by atoms with Crippen LogP contribution in [0.25, 0.3) is 6.08 Å². The summed E-state index contributed by atoms with van der Waals surface area (Å²) < 4.78 is 6.32. The Morgan fingerprint density at radius 2 is 1.76 bits per heavy atom. The van der Waals surface area contributed by atoms with Crippen LogP contribution in [0.3, 0.4) is 0 Å². The fraction of sp³-hybridized carbons (Fsp3) is 0.115. The second-order valence-corrected chi connectivity index (χ2v) is 9.16. The summed E-state index contributed by atoms with van der Waals surface area (Å²) in [6.07, 6.45) is 1.96. The first-order valence-electron chi connectivity index (χ1n) is 10.4. The number of rotatable bonds is 7. The summed E-state index contributed by atoms with van der Waals surface area (Å²) in [7, 11) is 0. The van der Waals surface area contributed by atoms with Gasteiger partial charge in [-0.2, -0.15) is 0 Å². The molecule has 1 saturated heterocycles. The number of thiocarbonyl (C=S) groups is 1. The zero-order valence-electron chi connectivity index (χ0n) is 18.0. The normalized spacial score (nSPS) is 14.6. The first-order chi connectivity index (χ1) is 16.0. The minimum absolute atomic E-state index is 0.161. The lowest BCUT2D eigenvalue weighted by atomic mass is 10.2. The van der Waals surface area contributed by atoms with E-state index < -0.39 is 0 Å². The van der Waals surface area contributed by atoms with E-state index in [0.29, 0.717) is 15.0 Å². The molecule has 2 amide bonds. The molecule has 3 aromatic rings. The van der Waals surface area contributed by atoms with Gasteiger partial charge in [-0.15, -0.1) is 0 Å². The molecule has 0 radical (unpaired) electrons. The number of anilines is 1. The maximum atomic E-state index is 12.9. The van der Waals surface area contributed by atoms with E-state index in [4.69, 9.17) is 17.0 Å². The maximum Gasteiger partial charge on any atom is 0.266 e. The quantitative estimate of drug-likeness (QED) is 0.335. The Labute approximate surface area is 202 Å². The third-order valence-corrected chi connectivity index (χ3v) is 6.28. The van der Waals surface area contributed by atoms with Crippen LogP contribution >= 0.6 is 24.0 Å². The van der Waals surface area contributed by atoms with Crippen LogP contribution < -0.4 is 10.1 Å². The smallest absolute Gasteiger partial charge is 0.266 e. The number of para-hydroxylation sites is 1. The molecular weight excluding hydrogens is 452 g/mol. The van der Waals surface area contributed by atoms with Crippen LogP contribution in [0.2, 0.25) is 0 Å². The zero-order valence-corrected chi connectivity index (χ0v) is 19.6. The van der Waals surface area contributed by atoms with Crippen molar-refractivity contribution in [2.24, 2.45) is 0 Å². The summed E-state index contributed by atoms with van der Waals surface area (Å²) in [5.74, 6) is 1.06. The van der Waals surface area contributed by atoms with Crippen molar-refractivity contribution >= 4 is 51.9 Å². The predicted octanol–water partition coefficient (Wildman–Crippen LogP) is 6.02. The Morgan fingerprint density at radius 1 is 1.03 bits per heavy atom. The van der Waals surface area contributed by atoms with Crippen molar-refractivity contribution < 1.29 is 14.3 Å². The Bertz CT molecular complexity index is 1210. The lowest BCUT2D eigenvalue weighted by Crippen LogP contribution is -2.31. The van der Waals surface area contributed by atoms with E-state index in [1.165, 1.54) is 16.7 Å². The van der Waals surface area contributed by atoms with Crippen molar-refractivity contribution in [2.75, 3.05) is 11.9 Å². The molecule has 0 aliphatic carbocycles. The monoisotopic (exact) mass is 474 g/mol. The Hall–Kier alpha value is -3.42. The van der Waals surface area contributed by atoms with Gasteiger partial charge in [-0.25, -0.2) is 0 Å². The molecule has 0 unspecified atom stereocenters. The van der Waals surface area contributed by atoms with Crippen molar-refractivity contribution in [3.05, 3.63) is 94.9 Å². The second kappa shape index (κ2) is 10.5. The van der Waals surface area contributed by atoms with Gasteiger partial charge in [0.25, 0.3) is 5.91 Å². The molecule has 0 saturated carbocycles. The molecule has 1 aliphatic heterocycles. The minimum Gasteiger partial charge on any atom is -0.457 e. The number of aryl methyl sites for hydroxylation is 1. The van der Waals surface area contributed by atoms with Crippen molar-refractivity contribution in [1.82, 2.24) is 4.90 Å². The molecule has 0 atom stereocenters. The number of nitrogens with one attached hydrogen (secondary N) is 1. The van der Waals surface area contributed by atoms with Gasteiger partial charge in [0.2, 0.25) is 5.91 Å². The molecule has 7 heteroatoms. The summed E-state index contributed by atoms with van der Waals surface area (Å²) in [4.78, 5) is 27.2. The van der Waals surface area contributed by atoms with E-state index in [1.807, 2.05) is 85.8 Å². The van der Waals surface area contributed by atoms with Crippen LogP contribution in [0, 0.1) is 6.92 Å². The molecule has 166 valence electrons. The van der Waals surface area contributed by atoms with Gasteiger partial charge in [0, 0.05) is 18.7 Å². The van der Waals surface area contributed by atoms with Crippen LogP contribution in [-0.2, 0) is 9.59 Å². The number of hydrogen-bond acceptors (Lipinski definition) is 5. The van der Waals surface area contributed by atoms with E-state index in [0.717, 1.165) is 22.6 Å². The van der Waals surface area contributed by atoms with Crippen LogP contribution in [0.15, 0.2) is 83.8 Å². The molecule has 3 aromatic carbocycles. The third-order valence-electron chi connectivity index (χ3n) is 4.91. The first kappa shape index (κ1) is 22.8. The number of hydrogen-bond donors (Lipinski definition) is 1. The van der Waals surface area contributed by atoms with Gasteiger partial charge >= 0.3 is 0 Å². The highest BCUT2D eigenvalue weighted by Crippen LogP contribution is 2.33. The second-order valence-electron chi connectivity index (χ2n) is 7.49. The van der Waals surface area contributed by atoms with E-state index in [-0.39, 0.29) is 24.8 Å². The lowest BCUT2D eigenvalue weighted by Gasteiger charge is -2.14. The van der Waals surface area contributed by atoms with Crippen molar-refractivity contribution in [3.8, 4) is 11.5 Å². The molecule has 0 spiro atoms. The van der Waals surface area contributed by atoms with E-state index in [2.05, 4.69) is 5.32 Å². The highest BCUT2D eigenvalue weighted by molar-refractivity contribution is 8.26. The van der Waals surface area contributed by atoms with Gasteiger partial charge in [0.15, 0.2) is 0 Å². The molecule has 0 bridgehead atoms. The van der Waals surface area contributed by atoms with E-state index in [9.17, 15) is 9.59 Å². The summed E-state index contributed by atoms with van der Waals surface area (Å²) >= 11 is 6.63. The van der Waals surface area contributed by atoms with Crippen LogP contribution in [0.4, 0.5) is 5.69 Å². The summed E-state index contributed by atoms with van der Waals surface area (Å²) in [6, 6.07) is 24.6. The molecule has 4 rings (SSSR count). The van der Waals surface area contributed by atoms with Gasteiger partial charge in [0.05, 0.1) is 4.91 Å². The van der Waals surface area contributed by atoms with Gasteiger partial charge in [0.1, 0.15) is 15.8 Å². The Kier molecular flexibility index (Phi) is 7.22. The fourth-order valence-corrected chi connectivity index (χ4v) is 4.52. The molecule has 1 N–H and O–H groups in total. The van der Waals surface area contributed by atoms with Crippen LogP contribution in [-0.4, -0.2) is 27.6 Å². The van der Waals surface area contributed by atoms with Crippen LogP contribution in [0.5, 0.6) is 11.5 Å². The average molecular weight is 475 g/mol. The third kappa shape index (κ3) is 6.09. The van der Waals surface area contributed by atoms with Crippen molar-refractivity contribution in [3.63, 3.8) is 0 Å². The SMILES string of the molecule is Cc1ccc(NC(=O)CCN2C(=O)/C(=C/c3cccc(Oc4ccccc4)c3)SC2=S)cc1. The molecular formula is C26H22N2O3S2. The van der Waals surface area contributed by atoms with E-state index >= 15 is 0 Å². The van der Waals surface area contributed by atoms with Gasteiger partial charge < -0.3 is 10.1 Å². The maximum absolute atomic E-state index is 12.9. The summed E-state index contributed by atoms with van der Waals surface area (Å²) in [5, 5.41) is 2.84. The van der Waals surface area contributed by atoms with Crippen molar-refractivity contribution in [1.29, 1.82) is 0 Å². The summed E-state index contributed by atoms with van der Waals surface area (Å²) in [6.45, 7) is 2.22. The topological polar surface area (TPSA) is 58.6 Å². The van der Waals surface area contributed by atoms with Gasteiger partial charge in [-0.05, 0) is 55.0 Å². The number of nitrogens with zero attached hydrogens (tertiary/aromatic N) is 1. The highest BCUT2D eigenvalue weighted by atomic mass is 32.2. The standard InChI is InChI=1S/C26H22N2O3S2/c1-18-10-12-20(13-11-18)27-24(29)14-15-28-25(30)23(33-26(28)32)17-19-6-5-9-22(16-19)31-21-7-3-2-4-8-21/h2-13,16-17H,14-15H2,1H3,(H,27,29)/b23-17-. The Balaban J connectivity index is 1.38. The van der Waals surface area contributed by atoms with Gasteiger partial charge in [-0.3, -0.25) is 14.5 Å². The largest absolute Gasteiger partial charge is 0.457 e. The van der Waals surface area contributed by atoms with Crippen molar-refractivity contribution in [2.45, 2.75) is 13.3 Å². The molecule has 5 nitrogen and oxygen atoms in total. The first-order valence-corrected chi connectivity index (χ1v) is 11.7.